The van der Waals surface area contributed by atoms with Crippen LogP contribution in [0.15, 0.2) is 168 Å². The van der Waals surface area contributed by atoms with Gasteiger partial charge in [0.1, 0.15) is 11.2 Å². The third-order valence-electron chi connectivity index (χ3n) is 9.58. The highest BCUT2D eigenvalue weighted by atomic mass is 16.3. The van der Waals surface area contributed by atoms with Gasteiger partial charge in [-0.15, -0.1) is 0 Å². The minimum absolute atomic E-state index is 0.911. The molecule has 0 aliphatic heterocycles. The van der Waals surface area contributed by atoms with Crippen LogP contribution in [0.4, 0.5) is 17.1 Å². The van der Waals surface area contributed by atoms with Crippen molar-refractivity contribution in [3.05, 3.63) is 164 Å². The summed E-state index contributed by atoms with van der Waals surface area (Å²) in [6.07, 6.45) is 0. The van der Waals surface area contributed by atoms with Crippen LogP contribution in [0.25, 0.3) is 75.8 Å². The third-order valence-corrected chi connectivity index (χ3v) is 9.58. The molecule has 0 aliphatic rings. The fourth-order valence-corrected chi connectivity index (χ4v) is 7.41. The molecule has 0 fully saturated rings. The molecule has 214 valence electrons. The number of hydrogen-bond donors (Lipinski definition) is 0. The second-order valence-electron chi connectivity index (χ2n) is 12.1. The molecule has 0 amide bonds. The summed E-state index contributed by atoms with van der Waals surface area (Å²) in [6.45, 7) is 0. The zero-order valence-electron chi connectivity index (χ0n) is 24.9. The van der Waals surface area contributed by atoms with Crippen molar-refractivity contribution >= 4 is 92.9 Å². The molecule has 10 aromatic rings. The maximum Gasteiger partial charge on any atom is 0.143 e. The lowest BCUT2D eigenvalue weighted by atomic mass is 9.97. The molecule has 46 heavy (non-hydrogen) atoms. The molecule has 9 aromatic carbocycles. The topological polar surface area (TPSA) is 16.4 Å². The Bertz CT molecular complexity index is 2820. The summed E-state index contributed by atoms with van der Waals surface area (Å²) in [6, 6.07) is 59.3. The summed E-state index contributed by atoms with van der Waals surface area (Å²) < 4.78 is 6.53. The summed E-state index contributed by atoms with van der Waals surface area (Å²) in [5.74, 6) is 0. The van der Waals surface area contributed by atoms with Crippen LogP contribution in [0, 0.1) is 0 Å². The summed E-state index contributed by atoms with van der Waals surface area (Å²) >= 11 is 0. The van der Waals surface area contributed by atoms with E-state index in [4.69, 9.17) is 4.42 Å². The van der Waals surface area contributed by atoms with Gasteiger partial charge in [0.25, 0.3) is 0 Å². The number of benzene rings is 9. The smallest absolute Gasteiger partial charge is 0.143 e. The quantitative estimate of drug-likeness (QED) is 0.192. The lowest BCUT2D eigenvalue weighted by Crippen LogP contribution is -2.10. The number of rotatable bonds is 3. The second-order valence-corrected chi connectivity index (χ2v) is 12.1. The van der Waals surface area contributed by atoms with E-state index in [0.29, 0.717) is 0 Å². The molecule has 0 saturated heterocycles. The molecule has 0 N–H and O–H groups in total. The van der Waals surface area contributed by atoms with E-state index in [-0.39, 0.29) is 0 Å². The maximum absolute atomic E-state index is 6.53. The Balaban J connectivity index is 1.31. The normalized spacial score (nSPS) is 11.9. The van der Waals surface area contributed by atoms with Gasteiger partial charge in [-0.3, -0.25) is 0 Å². The van der Waals surface area contributed by atoms with Crippen LogP contribution < -0.4 is 4.90 Å². The van der Waals surface area contributed by atoms with E-state index < -0.39 is 0 Å². The number of para-hydroxylation sites is 1. The summed E-state index contributed by atoms with van der Waals surface area (Å²) in [4.78, 5) is 2.43. The van der Waals surface area contributed by atoms with Crippen molar-refractivity contribution in [2.45, 2.75) is 0 Å². The van der Waals surface area contributed by atoms with Gasteiger partial charge in [-0.2, -0.15) is 0 Å². The van der Waals surface area contributed by atoms with Crippen LogP contribution in [-0.2, 0) is 0 Å². The lowest BCUT2D eigenvalue weighted by Gasteiger charge is -2.28. The Labute approximate surface area is 265 Å². The minimum atomic E-state index is 0.911. The molecule has 0 bridgehead atoms. The minimum Gasteiger partial charge on any atom is -0.455 e. The van der Waals surface area contributed by atoms with Crippen molar-refractivity contribution in [3.63, 3.8) is 0 Å². The van der Waals surface area contributed by atoms with Crippen LogP contribution in [0.5, 0.6) is 0 Å². The molecule has 0 spiro atoms. The third kappa shape index (κ3) is 3.71. The first-order valence-electron chi connectivity index (χ1n) is 15.8. The van der Waals surface area contributed by atoms with Gasteiger partial charge in [0.2, 0.25) is 0 Å². The van der Waals surface area contributed by atoms with Gasteiger partial charge in [-0.25, -0.2) is 0 Å². The molecule has 0 radical (unpaired) electrons. The molecule has 0 atom stereocenters. The predicted octanol–water partition coefficient (Wildman–Crippen LogP) is 12.8. The average Bonchev–Trinajstić information content (AvgIpc) is 3.51. The van der Waals surface area contributed by atoms with Gasteiger partial charge in [0.15, 0.2) is 0 Å². The van der Waals surface area contributed by atoms with Crippen molar-refractivity contribution in [2.24, 2.45) is 0 Å². The van der Waals surface area contributed by atoms with Gasteiger partial charge >= 0.3 is 0 Å². The molecule has 0 aliphatic carbocycles. The summed E-state index contributed by atoms with van der Waals surface area (Å²) in [5, 5.41) is 14.4. The van der Waals surface area contributed by atoms with Crippen molar-refractivity contribution in [1.29, 1.82) is 0 Å². The highest BCUT2D eigenvalue weighted by Gasteiger charge is 2.20. The van der Waals surface area contributed by atoms with Gasteiger partial charge in [0.05, 0.1) is 5.69 Å². The number of hydrogen-bond acceptors (Lipinski definition) is 2. The first-order valence-corrected chi connectivity index (χ1v) is 15.8. The Hall–Kier alpha value is -6.12. The van der Waals surface area contributed by atoms with E-state index in [1.54, 1.807) is 0 Å². The molecule has 1 aromatic heterocycles. The highest BCUT2D eigenvalue weighted by Crippen LogP contribution is 2.45. The van der Waals surface area contributed by atoms with Gasteiger partial charge in [0, 0.05) is 32.9 Å². The molecular formula is C44H27NO. The number of furan rings is 1. The zero-order chi connectivity index (χ0) is 30.2. The predicted molar refractivity (Wildman–Crippen MR) is 196 cm³/mol. The van der Waals surface area contributed by atoms with Crippen molar-refractivity contribution in [1.82, 2.24) is 0 Å². The first-order chi connectivity index (χ1) is 22.8. The Morgan fingerprint density at radius 2 is 0.848 bits per heavy atom. The molecule has 10 rings (SSSR count). The SMILES string of the molecule is c1ccc2c(c1)ccc1ccc(N(c3ccc4ccc5c6ccccc6oc5c4c3)c3cc4ccccc4c4ccccc34)cc12. The van der Waals surface area contributed by atoms with Crippen LogP contribution >= 0.6 is 0 Å². The number of fused-ring (bicyclic) bond motifs is 11. The first kappa shape index (κ1) is 25.2. The van der Waals surface area contributed by atoms with E-state index in [9.17, 15) is 0 Å². The molecular weight excluding hydrogens is 558 g/mol. The van der Waals surface area contributed by atoms with E-state index in [2.05, 4.69) is 163 Å². The van der Waals surface area contributed by atoms with E-state index in [1.165, 1.54) is 43.1 Å². The molecule has 0 saturated carbocycles. The zero-order valence-corrected chi connectivity index (χ0v) is 24.9. The van der Waals surface area contributed by atoms with E-state index in [0.717, 1.165) is 49.8 Å². The number of anilines is 3. The van der Waals surface area contributed by atoms with Gasteiger partial charge in [-0.1, -0.05) is 121 Å². The van der Waals surface area contributed by atoms with Crippen molar-refractivity contribution in [3.8, 4) is 0 Å². The molecule has 0 unspecified atom stereocenters. The average molecular weight is 586 g/mol. The summed E-state index contributed by atoms with van der Waals surface area (Å²) in [7, 11) is 0. The van der Waals surface area contributed by atoms with Gasteiger partial charge in [-0.05, 0) is 85.6 Å². The molecule has 2 nitrogen and oxygen atoms in total. The van der Waals surface area contributed by atoms with E-state index >= 15 is 0 Å². The van der Waals surface area contributed by atoms with Gasteiger partial charge < -0.3 is 9.32 Å². The van der Waals surface area contributed by atoms with Crippen molar-refractivity contribution in [2.75, 3.05) is 4.90 Å². The standard InChI is InChI=1S/C44H27NO/c1-3-11-34-28(9-1)17-18-29-19-22-32(26-40(29)34)45(42-25-31-10-2-4-12-35(31)36-13-5-6-14-37(36)42)33-23-20-30-21-24-39-38-15-7-8-16-43(38)46-44(39)41(30)27-33/h1-27H. The maximum atomic E-state index is 6.53. The fourth-order valence-electron chi connectivity index (χ4n) is 7.41. The monoisotopic (exact) mass is 585 g/mol. The fraction of sp³-hybridized carbons (Fsp3) is 0. The molecule has 1 heterocycles. The Morgan fingerprint density at radius 3 is 1.63 bits per heavy atom. The van der Waals surface area contributed by atoms with Crippen LogP contribution in [0.1, 0.15) is 0 Å². The van der Waals surface area contributed by atoms with Crippen LogP contribution in [0.3, 0.4) is 0 Å². The van der Waals surface area contributed by atoms with Crippen molar-refractivity contribution < 1.29 is 4.42 Å². The number of nitrogens with zero attached hydrogens (tertiary/aromatic N) is 1. The second kappa shape index (κ2) is 9.69. The van der Waals surface area contributed by atoms with Crippen LogP contribution in [-0.4, -0.2) is 0 Å². The van der Waals surface area contributed by atoms with E-state index in [1.807, 2.05) is 6.07 Å². The largest absolute Gasteiger partial charge is 0.455 e. The van der Waals surface area contributed by atoms with Crippen LogP contribution in [0.2, 0.25) is 0 Å². The Morgan fingerprint density at radius 1 is 0.326 bits per heavy atom. The summed E-state index contributed by atoms with van der Waals surface area (Å²) in [5.41, 5.74) is 5.17. The Kier molecular flexibility index (Phi) is 5.31. The lowest BCUT2D eigenvalue weighted by molar-refractivity contribution is 0.672. The highest BCUT2D eigenvalue weighted by molar-refractivity contribution is 6.18. The molecule has 2 heteroatoms.